The Hall–Kier alpha value is -1.70. The highest BCUT2D eigenvalue weighted by molar-refractivity contribution is 6.32. The highest BCUT2D eigenvalue weighted by Gasteiger charge is 1.97. The first-order valence-electron chi connectivity index (χ1n) is 5.32. The lowest BCUT2D eigenvalue weighted by molar-refractivity contribution is -0.124. The van der Waals surface area contributed by atoms with Gasteiger partial charge >= 0.3 is 0 Å². The summed E-state index contributed by atoms with van der Waals surface area (Å²) in [6.07, 6.45) is 0. The zero-order valence-electron chi connectivity index (χ0n) is 10.0. The van der Waals surface area contributed by atoms with Gasteiger partial charge in [-0.25, -0.2) is 0 Å². The number of halogens is 1. The molecule has 1 aromatic carbocycles. The monoisotopic (exact) mass is 267 g/mol. The Labute approximate surface area is 111 Å². The third-order valence-corrected chi connectivity index (χ3v) is 2.22. The highest BCUT2D eigenvalue weighted by Crippen LogP contribution is 2.22. The summed E-state index contributed by atoms with van der Waals surface area (Å²) in [5, 5.41) is 3.12. The standard InChI is InChI=1S/C13H14ClNO3/c1-17-10-13(16)15-8-4-5-9-18-12-7-3-2-6-11(12)14/h2-3,6-7H,8-10H2,1H3,(H,15,16). The number of benzene rings is 1. The topological polar surface area (TPSA) is 47.6 Å². The normalized spacial score (nSPS) is 9.22. The van der Waals surface area contributed by atoms with Crippen LogP contribution < -0.4 is 10.1 Å². The van der Waals surface area contributed by atoms with E-state index in [2.05, 4.69) is 21.9 Å². The third-order valence-electron chi connectivity index (χ3n) is 1.91. The largest absolute Gasteiger partial charge is 0.479 e. The SMILES string of the molecule is COCC(=O)NCC#CCOc1ccccc1Cl. The summed E-state index contributed by atoms with van der Waals surface area (Å²) >= 11 is 5.90. The number of methoxy groups -OCH3 is 1. The molecular weight excluding hydrogens is 254 g/mol. The second-order valence-electron chi connectivity index (χ2n) is 3.28. The van der Waals surface area contributed by atoms with Crippen LogP contribution in [0.25, 0.3) is 0 Å². The third kappa shape index (κ3) is 5.58. The van der Waals surface area contributed by atoms with Crippen LogP contribution in [0.5, 0.6) is 5.75 Å². The number of carbonyl (C=O) groups excluding carboxylic acids is 1. The first-order chi connectivity index (χ1) is 8.74. The van der Waals surface area contributed by atoms with Gasteiger partial charge in [0.25, 0.3) is 0 Å². The Morgan fingerprint density at radius 3 is 2.89 bits per heavy atom. The van der Waals surface area contributed by atoms with Crippen LogP contribution in [0.4, 0.5) is 0 Å². The van der Waals surface area contributed by atoms with Gasteiger partial charge in [-0.2, -0.15) is 0 Å². The lowest BCUT2D eigenvalue weighted by Gasteiger charge is -2.03. The van der Waals surface area contributed by atoms with Crippen molar-refractivity contribution in [1.82, 2.24) is 5.32 Å². The van der Waals surface area contributed by atoms with Gasteiger partial charge in [-0.15, -0.1) is 0 Å². The van der Waals surface area contributed by atoms with E-state index in [1.54, 1.807) is 12.1 Å². The molecule has 0 aliphatic carbocycles. The van der Waals surface area contributed by atoms with Crippen molar-refractivity contribution in [3.05, 3.63) is 29.3 Å². The summed E-state index contributed by atoms with van der Waals surface area (Å²) in [7, 11) is 1.46. The second kappa shape index (κ2) is 8.40. The summed E-state index contributed by atoms with van der Waals surface area (Å²) < 4.78 is 10.0. The van der Waals surface area contributed by atoms with E-state index in [-0.39, 0.29) is 25.7 Å². The summed E-state index contributed by atoms with van der Waals surface area (Å²) in [5.41, 5.74) is 0. The maximum absolute atomic E-state index is 11.0. The van der Waals surface area contributed by atoms with Gasteiger partial charge in [-0.1, -0.05) is 35.6 Å². The van der Waals surface area contributed by atoms with E-state index >= 15 is 0 Å². The summed E-state index contributed by atoms with van der Waals surface area (Å²) in [5.74, 6) is 5.93. The molecule has 0 aliphatic heterocycles. The molecule has 0 bridgehead atoms. The smallest absolute Gasteiger partial charge is 0.246 e. The van der Waals surface area contributed by atoms with Gasteiger partial charge in [-0.3, -0.25) is 4.79 Å². The Kier molecular flexibility index (Phi) is 6.70. The van der Waals surface area contributed by atoms with Crippen molar-refractivity contribution in [2.75, 3.05) is 26.9 Å². The molecular formula is C13H14ClNO3. The van der Waals surface area contributed by atoms with Crippen LogP contribution in [-0.2, 0) is 9.53 Å². The number of amides is 1. The number of hydrogen-bond acceptors (Lipinski definition) is 3. The predicted molar refractivity (Wildman–Crippen MR) is 69.6 cm³/mol. The molecule has 5 heteroatoms. The van der Waals surface area contributed by atoms with Gasteiger partial charge in [0, 0.05) is 7.11 Å². The van der Waals surface area contributed by atoms with Crippen molar-refractivity contribution in [3.8, 4) is 17.6 Å². The molecule has 0 radical (unpaired) electrons. The molecule has 0 aromatic heterocycles. The number of rotatable bonds is 5. The van der Waals surface area contributed by atoms with Crippen molar-refractivity contribution < 1.29 is 14.3 Å². The van der Waals surface area contributed by atoms with Gasteiger partial charge in [0.05, 0.1) is 11.6 Å². The number of para-hydroxylation sites is 1. The number of hydrogen-bond donors (Lipinski definition) is 1. The minimum atomic E-state index is -0.196. The molecule has 0 fully saturated rings. The molecule has 1 amide bonds. The van der Waals surface area contributed by atoms with E-state index in [1.807, 2.05) is 12.1 Å². The van der Waals surface area contributed by atoms with E-state index < -0.39 is 0 Å². The minimum absolute atomic E-state index is 0.0395. The summed E-state index contributed by atoms with van der Waals surface area (Å²) in [6.45, 7) is 0.537. The zero-order valence-corrected chi connectivity index (χ0v) is 10.8. The van der Waals surface area contributed by atoms with Crippen LogP contribution in [-0.4, -0.2) is 32.8 Å². The van der Waals surface area contributed by atoms with Crippen LogP contribution in [0.3, 0.4) is 0 Å². The molecule has 0 atom stereocenters. The van der Waals surface area contributed by atoms with E-state index in [0.717, 1.165) is 0 Å². The fourth-order valence-electron chi connectivity index (χ4n) is 1.11. The van der Waals surface area contributed by atoms with Crippen LogP contribution in [0, 0.1) is 11.8 Å². The zero-order chi connectivity index (χ0) is 13.2. The fraction of sp³-hybridized carbons (Fsp3) is 0.308. The minimum Gasteiger partial charge on any atom is -0.479 e. The maximum atomic E-state index is 11.0. The lowest BCUT2D eigenvalue weighted by Crippen LogP contribution is -2.27. The lowest BCUT2D eigenvalue weighted by atomic mass is 10.3. The molecule has 0 heterocycles. The van der Waals surface area contributed by atoms with Crippen LogP contribution in [0.2, 0.25) is 5.02 Å². The average molecular weight is 268 g/mol. The number of ether oxygens (including phenoxy) is 2. The molecule has 1 N–H and O–H groups in total. The second-order valence-corrected chi connectivity index (χ2v) is 3.69. The molecule has 4 nitrogen and oxygen atoms in total. The first-order valence-corrected chi connectivity index (χ1v) is 5.70. The molecule has 1 aromatic rings. The molecule has 1 rings (SSSR count). The predicted octanol–water partition coefficient (Wildman–Crippen LogP) is 1.48. The molecule has 0 spiro atoms. The van der Waals surface area contributed by atoms with Gasteiger partial charge in [0.15, 0.2) is 0 Å². The van der Waals surface area contributed by atoms with E-state index in [9.17, 15) is 4.79 Å². The molecule has 0 unspecified atom stereocenters. The van der Waals surface area contributed by atoms with Crippen LogP contribution in [0.15, 0.2) is 24.3 Å². The van der Waals surface area contributed by atoms with Gasteiger partial charge in [-0.05, 0) is 12.1 Å². The number of carbonyl (C=O) groups is 1. The Balaban J connectivity index is 2.22. The fourth-order valence-corrected chi connectivity index (χ4v) is 1.30. The molecule has 0 saturated carbocycles. The summed E-state index contributed by atoms with van der Waals surface area (Å²) in [6, 6.07) is 7.17. The van der Waals surface area contributed by atoms with E-state index in [4.69, 9.17) is 16.3 Å². The Morgan fingerprint density at radius 1 is 1.39 bits per heavy atom. The maximum Gasteiger partial charge on any atom is 0.246 e. The van der Waals surface area contributed by atoms with Crippen LogP contribution >= 0.6 is 11.6 Å². The highest BCUT2D eigenvalue weighted by atomic mass is 35.5. The van der Waals surface area contributed by atoms with Crippen molar-refractivity contribution in [1.29, 1.82) is 0 Å². The summed E-state index contributed by atoms with van der Waals surface area (Å²) in [4.78, 5) is 11.0. The van der Waals surface area contributed by atoms with Gasteiger partial charge in [0.1, 0.15) is 19.0 Å². The quantitative estimate of drug-likeness (QED) is 0.822. The van der Waals surface area contributed by atoms with Crippen molar-refractivity contribution in [2.45, 2.75) is 0 Å². The molecule has 0 aliphatic rings. The molecule has 0 saturated heterocycles. The van der Waals surface area contributed by atoms with E-state index in [0.29, 0.717) is 10.8 Å². The van der Waals surface area contributed by atoms with Crippen molar-refractivity contribution >= 4 is 17.5 Å². The van der Waals surface area contributed by atoms with Crippen molar-refractivity contribution in [3.63, 3.8) is 0 Å². The Morgan fingerprint density at radius 2 is 2.17 bits per heavy atom. The van der Waals surface area contributed by atoms with Crippen molar-refractivity contribution in [2.24, 2.45) is 0 Å². The van der Waals surface area contributed by atoms with Gasteiger partial charge < -0.3 is 14.8 Å². The molecule has 18 heavy (non-hydrogen) atoms. The average Bonchev–Trinajstić information content (AvgIpc) is 2.36. The van der Waals surface area contributed by atoms with Crippen LogP contribution in [0.1, 0.15) is 0 Å². The first kappa shape index (κ1) is 14.4. The molecule has 96 valence electrons. The van der Waals surface area contributed by atoms with Gasteiger partial charge in [0.2, 0.25) is 5.91 Å². The van der Waals surface area contributed by atoms with E-state index in [1.165, 1.54) is 7.11 Å². The Bertz CT molecular complexity index is 451. The number of nitrogens with one attached hydrogen (secondary N) is 1.